The molecule has 0 aliphatic rings. The van der Waals surface area contributed by atoms with Crippen LogP contribution in [-0.2, 0) is 6.67 Å². The number of halogens is 1. The van der Waals surface area contributed by atoms with Gasteiger partial charge in [0, 0.05) is 11.3 Å². The number of alkyl halides is 1. The lowest BCUT2D eigenvalue weighted by molar-refractivity contribution is 0.483. The molecule has 3 heteroatoms. The predicted octanol–water partition coefficient (Wildman–Crippen LogP) is 1.92. The summed E-state index contributed by atoms with van der Waals surface area (Å²) in [5.74, 6) is 0. The molecule has 0 radical (unpaired) electrons. The van der Waals surface area contributed by atoms with Crippen LogP contribution < -0.4 is 5.73 Å². The van der Waals surface area contributed by atoms with Gasteiger partial charge >= 0.3 is 0 Å². The minimum atomic E-state index is -0.639. The Labute approximate surface area is 70.4 Å². The Balaban J connectivity index is 3.38. The highest BCUT2D eigenvalue weighted by Gasteiger charge is 2.06. The predicted molar refractivity (Wildman–Crippen MR) is 45.1 cm³/mol. The van der Waals surface area contributed by atoms with Crippen molar-refractivity contribution in [2.75, 3.05) is 5.73 Å². The fourth-order valence-corrected chi connectivity index (χ4v) is 1.05. The van der Waals surface area contributed by atoms with Crippen LogP contribution in [0.3, 0.4) is 0 Å². The van der Waals surface area contributed by atoms with E-state index in [9.17, 15) is 4.39 Å². The number of nitrogen functional groups attached to an aromatic ring is 1. The molecule has 0 spiro atoms. The standard InChI is InChI=1S/C9H9FN2/c1-6-8(4-10)7(5-11)2-3-9(6)12/h2-3H,4,12H2,1H3. The SMILES string of the molecule is Cc1c(N)ccc(C#N)c1CF. The Morgan fingerprint density at radius 2 is 2.25 bits per heavy atom. The molecule has 12 heavy (non-hydrogen) atoms. The maximum absolute atomic E-state index is 12.4. The number of hydrogen-bond donors (Lipinski definition) is 1. The van der Waals surface area contributed by atoms with Crippen molar-refractivity contribution < 1.29 is 4.39 Å². The molecule has 0 heterocycles. The first-order valence-electron chi connectivity index (χ1n) is 3.54. The van der Waals surface area contributed by atoms with Gasteiger partial charge < -0.3 is 5.73 Å². The lowest BCUT2D eigenvalue weighted by Crippen LogP contribution is -1.97. The molecule has 62 valence electrons. The second-order valence-electron chi connectivity index (χ2n) is 2.55. The van der Waals surface area contributed by atoms with Crippen molar-refractivity contribution in [3.05, 3.63) is 28.8 Å². The zero-order valence-corrected chi connectivity index (χ0v) is 6.76. The highest BCUT2D eigenvalue weighted by atomic mass is 19.1. The molecule has 2 nitrogen and oxygen atoms in total. The van der Waals surface area contributed by atoms with E-state index in [4.69, 9.17) is 11.0 Å². The third kappa shape index (κ3) is 1.24. The maximum Gasteiger partial charge on any atom is 0.116 e. The first-order valence-corrected chi connectivity index (χ1v) is 3.54. The molecule has 0 saturated carbocycles. The van der Waals surface area contributed by atoms with Crippen molar-refractivity contribution in [1.82, 2.24) is 0 Å². The highest BCUT2D eigenvalue weighted by molar-refractivity contribution is 5.56. The largest absolute Gasteiger partial charge is 0.399 e. The summed E-state index contributed by atoms with van der Waals surface area (Å²) in [5, 5.41) is 8.61. The zero-order valence-electron chi connectivity index (χ0n) is 6.76. The van der Waals surface area contributed by atoms with Crippen LogP contribution in [0.1, 0.15) is 16.7 Å². The first kappa shape index (κ1) is 8.54. The molecule has 0 aromatic heterocycles. The van der Waals surface area contributed by atoms with E-state index < -0.39 is 6.67 Å². The Morgan fingerprint density at radius 1 is 1.58 bits per heavy atom. The van der Waals surface area contributed by atoms with Gasteiger partial charge in [0.15, 0.2) is 0 Å². The summed E-state index contributed by atoms with van der Waals surface area (Å²) in [6, 6.07) is 5.08. The van der Waals surface area contributed by atoms with Crippen molar-refractivity contribution in [2.24, 2.45) is 0 Å². The monoisotopic (exact) mass is 164 g/mol. The van der Waals surface area contributed by atoms with Crippen molar-refractivity contribution >= 4 is 5.69 Å². The van der Waals surface area contributed by atoms with Crippen LogP contribution >= 0.6 is 0 Å². The van der Waals surface area contributed by atoms with Crippen molar-refractivity contribution in [2.45, 2.75) is 13.6 Å². The van der Waals surface area contributed by atoms with E-state index in [1.54, 1.807) is 13.0 Å². The molecule has 2 N–H and O–H groups in total. The number of rotatable bonds is 1. The Hall–Kier alpha value is -1.56. The average Bonchev–Trinajstić information content (AvgIpc) is 2.09. The van der Waals surface area contributed by atoms with Gasteiger partial charge in [0.2, 0.25) is 0 Å². The molecule has 1 aromatic rings. The van der Waals surface area contributed by atoms with E-state index in [0.29, 0.717) is 22.4 Å². The van der Waals surface area contributed by atoms with E-state index in [0.717, 1.165) is 0 Å². The van der Waals surface area contributed by atoms with Crippen LogP contribution in [0, 0.1) is 18.3 Å². The molecular formula is C9H9FN2. The van der Waals surface area contributed by atoms with E-state index in [-0.39, 0.29) is 0 Å². The van der Waals surface area contributed by atoms with E-state index >= 15 is 0 Å². The van der Waals surface area contributed by atoms with Gasteiger partial charge in [-0.2, -0.15) is 5.26 Å². The van der Waals surface area contributed by atoms with Crippen LogP contribution in [0.2, 0.25) is 0 Å². The van der Waals surface area contributed by atoms with Crippen molar-refractivity contribution in [3.63, 3.8) is 0 Å². The van der Waals surface area contributed by atoms with Crippen molar-refractivity contribution in [3.8, 4) is 6.07 Å². The molecule has 0 amide bonds. The summed E-state index contributed by atoms with van der Waals surface area (Å²) < 4.78 is 12.4. The van der Waals surface area contributed by atoms with E-state index in [1.807, 2.05) is 6.07 Å². The fourth-order valence-electron chi connectivity index (χ4n) is 1.05. The van der Waals surface area contributed by atoms with Gasteiger partial charge in [-0.3, -0.25) is 0 Å². The summed E-state index contributed by atoms with van der Waals surface area (Å²) >= 11 is 0. The molecule has 0 saturated heterocycles. The van der Waals surface area contributed by atoms with Crippen LogP contribution in [-0.4, -0.2) is 0 Å². The van der Waals surface area contributed by atoms with E-state index in [1.165, 1.54) is 6.07 Å². The number of nitriles is 1. The third-order valence-corrected chi connectivity index (χ3v) is 1.89. The molecular weight excluding hydrogens is 155 g/mol. The second kappa shape index (κ2) is 3.22. The van der Waals surface area contributed by atoms with Crippen molar-refractivity contribution in [1.29, 1.82) is 5.26 Å². The maximum atomic E-state index is 12.4. The molecule has 0 atom stereocenters. The van der Waals surface area contributed by atoms with Gasteiger partial charge in [-0.15, -0.1) is 0 Å². The van der Waals surface area contributed by atoms with Gasteiger partial charge in [0.1, 0.15) is 6.67 Å². The Morgan fingerprint density at radius 3 is 2.75 bits per heavy atom. The van der Waals surface area contributed by atoms with Gasteiger partial charge in [-0.25, -0.2) is 4.39 Å². The van der Waals surface area contributed by atoms with Crippen LogP contribution in [0.5, 0.6) is 0 Å². The summed E-state index contributed by atoms with van der Waals surface area (Å²) in [6.45, 7) is 1.07. The lowest BCUT2D eigenvalue weighted by atomic mass is 10.0. The van der Waals surface area contributed by atoms with Gasteiger partial charge in [-0.1, -0.05) is 0 Å². The summed E-state index contributed by atoms with van der Waals surface area (Å²) in [7, 11) is 0. The van der Waals surface area contributed by atoms with E-state index in [2.05, 4.69) is 0 Å². The second-order valence-corrected chi connectivity index (χ2v) is 2.55. The summed E-state index contributed by atoms with van der Waals surface area (Å²) in [5.41, 5.74) is 7.50. The van der Waals surface area contributed by atoms with Gasteiger partial charge in [0.25, 0.3) is 0 Å². The number of benzene rings is 1. The quantitative estimate of drug-likeness (QED) is 0.644. The smallest absolute Gasteiger partial charge is 0.116 e. The number of nitrogens with zero attached hydrogens (tertiary/aromatic N) is 1. The van der Waals surface area contributed by atoms with Crippen LogP contribution in [0.15, 0.2) is 12.1 Å². The Kier molecular flexibility index (Phi) is 2.29. The zero-order chi connectivity index (χ0) is 9.14. The minimum Gasteiger partial charge on any atom is -0.399 e. The average molecular weight is 164 g/mol. The fraction of sp³-hybridized carbons (Fsp3) is 0.222. The molecule has 1 aromatic carbocycles. The van der Waals surface area contributed by atoms with Crippen LogP contribution in [0.25, 0.3) is 0 Å². The first-order chi connectivity index (χ1) is 5.70. The van der Waals surface area contributed by atoms with Gasteiger partial charge in [0.05, 0.1) is 11.6 Å². The van der Waals surface area contributed by atoms with Gasteiger partial charge in [-0.05, 0) is 24.6 Å². The van der Waals surface area contributed by atoms with Crippen LogP contribution in [0.4, 0.5) is 10.1 Å². The number of anilines is 1. The Bertz CT molecular complexity index is 339. The number of nitrogens with two attached hydrogens (primary N) is 1. The lowest BCUT2D eigenvalue weighted by Gasteiger charge is -2.05. The molecule has 0 fully saturated rings. The third-order valence-electron chi connectivity index (χ3n) is 1.89. The molecule has 0 bridgehead atoms. The normalized spacial score (nSPS) is 9.42. The molecule has 0 aliphatic heterocycles. The minimum absolute atomic E-state index is 0.365. The molecule has 0 aliphatic carbocycles. The topological polar surface area (TPSA) is 49.8 Å². The highest BCUT2D eigenvalue weighted by Crippen LogP contribution is 2.20. The molecule has 1 rings (SSSR count). The molecule has 0 unspecified atom stereocenters. The summed E-state index contributed by atoms with van der Waals surface area (Å²) in [4.78, 5) is 0. The summed E-state index contributed by atoms with van der Waals surface area (Å²) in [6.07, 6.45) is 0. The number of hydrogen-bond acceptors (Lipinski definition) is 2.